The van der Waals surface area contributed by atoms with Gasteiger partial charge >= 0.3 is 12.1 Å². The number of hydrogen-bond acceptors (Lipinski definition) is 8. The molecular weight excluding hydrogens is 524 g/mol. The Kier molecular flexibility index (Phi) is 9.35. The van der Waals surface area contributed by atoms with Crippen molar-refractivity contribution < 1.29 is 23.8 Å². The Morgan fingerprint density at radius 1 is 0.854 bits per heavy atom. The fourth-order valence-corrected chi connectivity index (χ4v) is 5.09. The number of aryl methyl sites for hydroxylation is 2. The van der Waals surface area contributed by atoms with Crippen LogP contribution in [0, 0.1) is 6.92 Å². The minimum atomic E-state index is -0.535. The molecule has 224 valence electrons. The smallest absolute Gasteiger partial charge is 0.410 e. The van der Waals surface area contributed by atoms with E-state index in [0.717, 1.165) is 40.7 Å². The number of nitrogens with one attached hydrogen (secondary N) is 1. The summed E-state index contributed by atoms with van der Waals surface area (Å²) in [6.45, 7) is 14.5. The zero-order chi connectivity index (χ0) is 29.7. The van der Waals surface area contributed by atoms with Crippen LogP contribution in [0.5, 0.6) is 11.5 Å². The summed E-state index contributed by atoms with van der Waals surface area (Å²) in [5.74, 6) is 2.20. The van der Waals surface area contributed by atoms with Crippen LogP contribution in [0.3, 0.4) is 0 Å². The first-order valence-electron chi connectivity index (χ1n) is 14.3. The Bertz CT molecular complexity index is 1210. The number of hydrogen-bond donors (Lipinski definition) is 1. The molecule has 41 heavy (non-hydrogen) atoms. The Labute approximate surface area is 243 Å². The first-order valence-corrected chi connectivity index (χ1v) is 14.3. The maximum Gasteiger partial charge on any atom is 0.410 e. The number of piperazine rings is 2. The van der Waals surface area contributed by atoms with Gasteiger partial charge in [0.15, 0.2) is 5.82 Å². The van der Waals surface area contributed by atoms with E-state index in [-0.39, 0.29) is 12.1 Å². The molecular formula is C30H44N6O5. The van der Waals surface area contributed by atoms with Gasteiger partial charge in [0.2, 0.25) is 0 Å². The molecule has 2 aliphatic heterocycles. The topological polar surface area (TPSA) is 99.7 Å². The number of ether oxygens (including phenoxy) is 3. The van der Waals surface area contributed by atoms with Crippen molar-refractivity contribution in [2.75, 3.05) is 81.7 Å². The van der Waals surface area contributed by atoms with E-state index in [1.807, 2.05) is 56.9 Å². The normalized spacial score (nSPS) is 16.0. The van der Waals surface area contributed by atoms with Crippen LogP contribution >= 0.6 is 0 Å². The molecule has 0 radical (unpaired) electrons. The highest BCUT2D eigenvalue weighted by Crippen LogP contribution is 2.31. The largest absolute Gasteiger partial charge is 0.497 e. The number of urea groups is 1. The molecule has 2 aromatic rings. The minimum Gasteiger partial charge on any atom is -0.497 e. The van der Waals surface area contributed by atoms with E-state index in [9.17, 15) is 9.59 Å². The Balaban J connectivity index is 1.42. The van der Waals surface area contributed by atoms with E-state index in [4.69, 9.17) is 19.2 Å². The molecule has 2 fully saturated rings. The average Bonchev–Trinajstić information content (AvgIpc) is 2.96. The number of carbonyl (C=O) groups excluding carboxylic acids is 2. The highest BCUT2D eigenvalue weighted by atomic mass is 16.6. The maximum atomic E-state index is 13.4. The van der Waals surface area contributed by atoms with Crippen LogP contribution in [0.1, 0.15) is 39.0 Å². The molecule has 0 spiro atoms. The number of amides is 3. The van der Waals surface area contributed by atoms with Crippen molar-refractivity contribution in [3.63, 3.8) is 0 Å². The summed E-state index contributed by atoms with van der Waals surface area (Å²) < 4.78 is 16.4. The highest BCUT2D eigenvalue weighted by molar-refractivity contribution is 5.93. The standard InChI is InChI=1S/C30H44N6O5/c1-8-22-17-26(27(31-21(22)2)34-11-15-36(16-12-34)29(38)41-30(3,4)5)32-28(37)35-13-9-33(10-14-35)23-18-24(39-6)20-25(19-23)40-7/h17-20H,8-16H2,1-7H3,(H,32,37). The van der Waals surface area contributed by atoms with E-state index in [2.05, 4.69) is 22.0 Å². The van der Waals surface area contributed by atoms with E-state index in [0.29, 0.717) is 58.0 Å². The van der Waals surface area contributed by atoms with Crippen LogP contribution in [-0.2, 0) is 11.2 Å². The summed E-state index contributed by atoms with van der Waals surface area (Å²) >= 11 is 0. The molecule has 0 atom stereocenters. The van der Waals surface area contributed by atoms with Gasteiger partial charge in [-0.05, 0) is 45.7 Å². The Morgan fingerprint density at radius 3 is 1.95 bits per heavy atom. The van der Waals surface area contributed by atoms with Crippen LogP contribution in [-0.4, -0.2) is 99.1 Å². The number of methoxy groups -OCH3 is 2. The van der Waals surface area contributed by atoms with Gasteiger partial charge in [-0.2, -0.15) is 0 Å². The second kappa shape index (κ2) is 12.7. The van der Waals surface area contributed by atoms with E-state index in [1.54, 1.807) is 19.1 Å². The lowest BCUT2D eigenvalue weighted by Gasteiger charge is -2.38. The van der Waals surface area contributed by atoms with Crippen molar-refractivity contribution in [1.82, 2.24) is 14.8 Å². The van der Waals surface area contributed by atoms with E-state index in [1.165, 1.54) is 0 Å². The first-order chi connectivity index (χ1) is 19.5. The number of aromatic nitrogens is 1. The van der Waals surface area contributed by atoms with Gasteiger partial charge in [0.1, 0.15) is 17.1 Å². The molecule has 4 rings (SSSR count). The zero-order valence-corrected chi connectivity index (χ0v) is 25.5. The van der Waals surface area contributed by atoms with Crippen LogP contribution in [0.2, 0.25) is 0 Å². The Morgan fingerprint density at radius 2 is 1.41 bits per heavy atom. The molecule has 3 heterocycles. The lowest BCUT2D eigenvalue weighted by molar-refractivity contribution is 0.0240. The lowest BCUT2D eigenvalue weighted by atomic mass is 10.1. The van der Waals surface area contributed by atoms with Crippen LogP contribution in [0.15, 0.2) is 24.3 Å². The third-order valence-electron chi connectivity index (χ3n) is 7.42. The van der Waals surface area contributed by atoms with Crippen LogP contribution in [0.4, 0.5) is 26.8 Å². The van der Waals surface area contributed by atoms with Gasteiger partial charge in [0, 0.05) is 81.9 Å². The minimum absolute atomic E-state index is 0.144. The SMILES string of the molecule is CCc1cc(NC(=O)N2CCN(c3cc(OC)cc(OC)c3)CC2)c(N2CCN(C(=O)OC(C)(C)C)CC2)nc1C. The fourth-order valence-electron chi connectivity index (χ4n) is 5.09. The van der Waals surface area contributed by atoms with Gasteiger partial charge in [0.05, 0.1) is 19.9 Å². The highest BCUT2D eigenvalue weighted by Gasteiger charge is 2.29. The van der Waals surface area contributed by atoms with Crippen molar-refractivity contribution in [3.8, 4) is 11.5 Å². The molecule has 1 aromatic carbocycles. The van der Waals surface area contributed by atoms with Crippen molar-refractivity contribution in [3.05, 3.63) is 35.5 Å². The first kappa shape index (κ1) is 30.1. The van der Waals surface area contributed by atoms with Crippen molar-refractivity contribution in [2.24, 2.45) is 0 Å². The number of rotatable bonds is 6. The predicted octanol–water partition coefficient (Wildman–Crippen LogP) is 4.38. The van der Waals surface area contributed by atoms with Gasteiger partial charge in [-0.25, -0.2) is 14.6 Å². The summed E-state index contributed by atoms with van der Waals surface area (Å²) in [7, 11) is 3.28. The second-order valence-corrected chi connectivity index (χ2v) is 11.4. The van der Waals surface area contributed by atoms with Gasteiger partial charge in [0.25, 0.3) is 0 Å². The molecule has 0 saturated carbocycles. The van der Waals surface area contributed by atoms with Gasteiger partial charge in [-0.1, -0.05) is 6.92 Å². The summed E-state index contributed by atoms with van der Waals surface area (Å²) in [5, 5.41) is 3.15. The summed E-state index contributed by atoms with van der Waals surface area (Å²) in [6, 6.07) is 7.71. The maximum absolute atomic E-state index is 13.4. The Hall–Kier alpha value is -3.89. The van der Waals surface area contributed by atoms with Crippen molar-refractivity contribution in [2.45, 2.75) is 46.6 Å². The van der Waals surface area contributed by atoms with Crippen LogP contribution in [0.25, 0.3) is 0 Å². The average molecular weight is 569 g/mol. The summed E-state index contributed by atoms with van der Waals surface area (Å²) in [6.07, 6.45) is 0.513. The van der Waals surface area contributed by atoms with E-state index < -0.39 is 5.60 Å². The van der Waals surface area contributed by atoms with Crippen molar-refractivity contribution >= 4 is 29.3 Å². The molecule has 3 amide bonds. The van der Waals surface area contributed by atoms with E-state index >= 15 is 0 Å². The number of benzene rings is 1. The molecule has 2 aliphatic rings. The second-order valence-electron chi connectivity index (χ2n) is 11.4. The lowest BCUT2D eigenvalue weighted by Crippen LogP contribution is -2.51. The quantitative estimate of drug-likeness (QED) is 0.548. The molecule has 1 aromatic heterocycles. The van der Waals surface area contributed by atoms with Crippen molar-refractivity contribution in [1.29, 1.82) is 0 Å². The summed E-state index contributed by atoms with van der Waals surface area (Å²) in [4.78, 5) is 38.8. The molecule has 0 aliphatic carbocycles. The molecule has 1 N–H and O–H groups in total. The number of anilines is 3. The number of carbonyl (C=O) groups is 2. The number of pyridine rings is 1. The third-order valence-corrected chi connectivity index (χ3v) is 7.42. The molecule has 11 nitrogen and oxygen atoms in total. The zero-order valence-electron chi connectivity index (χ0n) is 25.5. The van der Waals surface area contributed by atoms with Crippen LogP contribution < -0.4 is 24.6 Å². The number of nitrogens with zero attached hydrogens (tertiary/aromatic N) is 5. The van der Waals surface area contributed by atoms with Gasteiger partial charge in [-0.15, -0.1) is 0 Å². The molecule has 0 unspecified atom stereocenters. The summed E-state index contributed by atoms with van der Waals surface area (Å²) in [5.41, 5.74) is 3.20. The predicted molar refractivity (Wildman–Crippen MR) is 161 cm³/mol. The van der Waals surface area contributed by atoms with Gasteiger partial charge in [-0.3, -0.25) is 0 Å². The molecule has 2 saturated heterocycles. The molecule has 0 bridgehead atoms. The fraction of sp³-hybridized carbons (Fsp3) is 0.567. The molecule has 11 heteroatoms. The third kappa shape index (κ3) is 7.45. The monoisotopic (exact) mass is 568 g/mol. The van der Waals surface area contributed by atoms with Gasteiger partial charge < -0.3 is 39.1 Å².